The summed E-state index contributed by atoms with van der Waals surface area (Å²) in [6.07, 6.45) is 2.54. The molecular weight excluding hydrogens is 252 g/mol. The monoisotopic (exact) mass is 272 g/mol. The van der Waals surface area contributed by atoms with Gasteiger partial charge in [-0.2, -0.15) is 5.10 Å². The summed E-state index contributed by atoms with van der Waals surface area (Å²) in [5.74, 6) is 1.07. The van der Waals surface area contributed by atoms with E-state index in [1.165, 1.54) is 11.3 Å². The number of nitrogens with one attached hydrogen (secondary N) is 1. The lowest BCUT2D eigenvalue weighted by molar-refractivity contribution is 0.730. The zero-order chi connectivity index (χ0) is 14.5. The van der Waals surface area contributed by atoms with E-state index in [9.17, 15) is 0 Å². The summed E-state index contributed by atoms with van der Waals surface area (Å²) in [7, 11) is 1.95. The number of pyridine rings is 1. The lowest BCUT2D eigenvalue weighted by Crippen LogP contribution is -2.23. The first-order valence-corrected chi connectivity index (χ1v) is 6.55. The number of anilines is 1. The third-order valence-corrected chi connectivity index (χ3v) is 3.22. The van der Waals surface area contributed by atoms with Crippen molar-refractivity contribution >= 4 is 11.8 Å². The van der Waals surface area contributed by atoms with E-state index in [0.29, 0.717) is 18.3 Å². The van der Waals surface area contributed by atoms with Crippen LogP contribution in [0.15, 0.2) is 29.4 Å². The molecule has 3 N–H and O–H groups in total. The molecule has 0 fully saturated rings. The predicted octanol–water partition coefficient (Wildman–Crippen LogP) is 1.40. The van der Waals surface area contributed by atoms with Crippen molar-refractivity contribution in [2.75, 3.05) is 11.9 Å². The molecule has 0 aliphatic rings. The van der Waals surface area contributed by atoms with Crippen LogP contribution in [0.4, 0.5) is 5.82 Å². The van der Waals surface area contributed by atoms with Crippen LogP contribution in [-0.4, -0.2) is 27.3 Å². The minimum absolute atomic E-state index is 0.378. The number of aliphatic imine (C=N–C) groups is 1. The van der Waals surface area contributed by atoms with Crippen molar-refractivity contribution in [1.82, 2.24) is 14.8 Å². The molecule has 0 aromatic carbocycles. The van der Waals surface area contributed by atoms with Crippen LogP contribution in [0.3, 0.4) is 0 Å². The Kier molecular flexibility index (Phi) is 4.34. The number of aromatic nitrogens is 3. The lowest BCUT2D eigenvalue weighted by Gasteiger charge is -2.04. The van der Waals surface area contributed by atoms with Gasteiger partial charge in [0.1, 0.15) is 5.82 Å². The van der Waals surface area contributed by atoms with Crippen molar-refractivity contribution in [3.63, 3.8) is 0 Å². The van der Waals surface area contributed by atoms with Crippen LogP contribution in [0.25, 0.3) is 0 Å². The van der Waals surface area contributed by atoms with Crippen LogP contribution >= 0.6 is 0 Å². The van der Waals surface area contributed by atoms with E-state index < -0.39 is 0 Å². The maximum atomic E-state index is 5.83. The highest BCUT2D eigenvalue weighted by Gasteiger charge is 2.08. The standard InChI is InChI=1S/C14H20N6/c1-10-12(11(2)20(3)19-10)7-9-17-14(15)18-13-6-4-5-8-16-13/h4-6,8H,7,9H2,1-3H3,(H3,15,16,17,18). The van der Waals surface area contributed by atoms with Crippen molar-refractivity contribution in [1.29, 1.82) is 0 Å². The second kappa shape index (κ2) is 6.18. The topological polar surface area (TPSA) is 81.1 Å². The molecule has 20 heavy (non-hydrogen) atoms. The number of hydrogen-bond donors (Lipinski definition) is 2. The Labute approximate surface area is 118 Å². The van der Waals surface area contributed by atoms with Gasteiger partial charge in [0.05, 0.1) is 5.69 Å². The number of hydrogen-bond acceptors (Lipinski definition) is 3. The minimum atomic E-state index is 0.378. The predicted molar refractivity (Wildman–Crippen MR) is 80.7 cm³/mol. The second-order valence-electron chi connectivity index (χ2n) is 4.63. The third kappa shape index (κ3) is 3.34. The van der Waals surface area contributed by atoms with Gasteiger partial charge < -0.3 is 11.1 Å². The first kappa shape index (κ1) is 14.0. The summed E-state index contributed by atoms with van der Waals surface area (Å²) in [5.41, 5.74) is 9.29. The summed E-state index contributed by atoms with van der Waals surface area (Å²) in [6, 6.07) is 5.59. The van der Waals surface area contributed by atoms with Crippen molar-refractivity contribution in [3.05, 3.63) is 41.3 Å². The highest BCUT2D eigenvalue weighted by atomic mass is 15.3. The molecule has 0 radical (unpaired) electrons. The normalized spacial score (nSPS) is 11.7. The molecular formula is C14H20N6. The molecule has 0 spiro atoms. The number of nitrogens with two attached hydrogens (primary N) is 1. The first-order valence-electron chi connectivity index (χ1n) is 6.55. The quantitative estimate of drug-likeness (QED) is 0.651. The molecule has 0 aliphatic carbocycles. The van der Waals surface area contributed by atoms with Gasteiger partial charge in [0.15, 0.2) is 5.96 Å². The number of nitrogens with zero attached hydrogens (tertiary/aromatic N) is 4. The highest BCUT2D eigenvalue weighted by molar-refractivity contribution is 5.91. The Morgan fingerprint density at radius 1 is 1.40 bits per heavy atom. The van der Waals surface area contributed by atoms with Gasteiger partial charge in [-0.15, -0.1) is 0 Å². The summed E-state index contributed by atoms with van der Waals surface area (Å²) in [4.78, 5) is 8.44. The molecule has 2 aromatic heterocycles. The van der Waals surface area contributed by atoms with E-state index in [-0.39, 0.29) is 0 Å². The SMILES string of the molecule is Cc1nn(C)c(C)c1CCN=C(N)Nc1ccccn1. The van der Waals surface area contributed by atoms with Crippen LogP contribution in [0.1, 0.15) is 17.0 Å². The van der Waals surface area contributed by atoms with Crippen LogP contribution in [0.2, 0.25) is 0 Å². The summed E-state index contributed by atoms with van der Waals surface area (Å²) in [5, 5.41) is 7.35. The molecule has 106 valence electrons. The Bertz CT molecular complexity index is 600. The molecule has 0 amide bonds. The van der Waals surface area contributed by atoms with E-state index in [4.69, 9.17) is 5.73 Å². The largest absolute Gasteiger partial charge is 0.370 e. The van der Waals surface area contributed by atoms with Crippen molar-refractivity contribution in [2.45, 2.75) is 20.3 Å². The molecule has 0 aliphatic heterocycles. The number of rotatable bonds is 4. The third-order valence-electron chi connectivity index (χ3n) is 3.22. The van der Waals surface area contributed by atoms with Crippen molar-refractivity contribution < 1.29 is 0 Å². The minimum Gasteiger partial charge on any atom is -0.370 e. The van der Waals surface area contributed by atoms with Crippen LogP contribution in [-0.2, 0) is 13.5 Å². The van der Waals surface area contributed by atoms with Gasteiger partial charge in [0.2, 0.25) is 0 Å². The van der Waals surface area contributed by atoms with Gasteiger partial charge in [-0.3, -0.25) is 9.67 Å². The lowest BCUT2D eigenvalue weighted by atomic mass is 10.1. The van der Waals surface area contributed by atoms with Gasteiger partial charge in [-0.1, -0.05) is 6.07 Å². The van der Waals surface area contributed by atoms with Crippen molar-refractivity contribution in [3.8, 4) is 0 Å². The molecule has 0 bridgehead atoms. The van der Waals surface area contributed by atoms with E-state index in [1.54, 1.807) is 6.20 Å². The molecule has 6 nitrogen and oxygen atoms in total. The molecule has 2 heterocycles. The van der Waals surface area contributed by atoms with Crippen LogP contribution < -0.4 is 11.1 Å². The average molecular weight is 272 g/mol. The van der Waals surface area contributed by atoms with Gasteiger partial charge in [-0.05, 0) is 38.0 Å². The number of guanidine groups is 1. The Morgan fingerprint density at radius 3 is 2.80 bits per heavy atom. The first-order chi connectivity index (χ1) is 9.58. The van der Waals surface area contributed by atoms with E-state index in [2.05, 4.69) is 27.3 Å². The maximum Gasteiger partial charge on any atom is 0.194 e. The zero-order valence-corrected chi connectivity index (χ0v) is 12.1. The molecule has 0 saturated carbocycles. The highest BCUT2D eigenvalue weighted by Crippen LogP contribution is 2.12. The fraction of sp³-hybridized carbons (Fsp3) is 0.357. The fourth-order valence-corrected chi connectivity index (χ4v) is 2.07. The molecule has 0 unspecified atom stereocenters. The molecule has 0 atom stereocenters. The van der Waals surface area contributed by atoms with Crippen molar-refractivity contribution in [2.24, 2.45) is 17.8 Å². The van der Waals surface area contributed by atoms with Gasteiger partial charge in [0, 0.05) is 25.5 Å². The van der Waals surface area contributed by atoms with E-state index in [1.807, 2.05) is 36.9 Å². The second-order valence-corrected chi connectivity index (χ2v) is 4.63. The zero-order valence-electron chi connectivity index (χ0n) is 12.1. The van der Waals surface area contributed by atoms with Gasteiger partial charge in [-0.25, -0.2) is 4.98 Å². The van der Waals surface area contributed by atoms with E-state index >= 15 is 0 Å². The van der Waals surface area contributed by atoms with Crippen LogP contribution in [0, 0.1) is 13.8 Å². The molecule has 6 heteroatoms. The summed E-state index contributed by atoms with van der Waals surface area (Å²) >= 11 is 0. The average Bonchev–Trinajstić information content (AvgIpc) is 2.66. The Hall–Kier alpha value is -2.37. The Morgan fingerprint density at radius 2 is 2.20 bits per heavy atom. The molecule has 2 rings (SSSR count). The molecule has 0 saturated heterocycles. The maximum absolute atomic E-state index is 5.83. The summed E-state index contributed by atoms with van der Waals surface area (Å²) < 4.78 is 1.89. The Balaban J connectivity index is 1.93. The van der Waals surface area contributed by atoms with Gasteiger partial charge >= 0.3 is 0 Å². The van der Waals surface area contributed by atoms with Gasteiger partial charge in [0.25, 0.3) is 0 Å². The summed E-state index contributed by atoms with van der Waals surface area (Å²) in [6.45, 7) is 4.70. The molecule has 2 aromatic rings. The fourth-order valence-electron chi connectivity index (χ4n) is 2.07. The smallest absolute Gasteiger partial charge is 0.194 e. The van der Waals surface area contributed by atoms with Crippen LogP contribution in [0.5, 0.6) is 0 Å². The number of aryl methyl sites for hydroxylation is 2. The van der Waals surface area contributed by atoms with E-state index in [0.717, 1.165) is 12.1 Å².